The summed E-state index contributed by atoms with van der Waals surface area (Å²) in [6.07, 6.45) is -5.41. The van der Waals surface area contributed by atoms with Crippen LogP contribution in [0.15, 0.2) is 53.4 Å². The molecule has 3 rings (SSSR count). The third kappa shape index (κ3) is 6.33. The molecule has 0 saturated carbocycles. The summed E-state index contributed by atoms with van der Waals surface area (Å²) in [6, 6.07) is 10.5. The lowest BCUT2D eigenvalue weighted by molar-refractivity contribution is -0.137. The molecule has 1 aliphatic heterocycles. The first-order valence-electron chi connectivity index (χ1n) is 9.52. The van der Waals surface area contributed by atoms with E-state index in [1.807, 2.05) is 4.90 Å². The van der Waals surface area contributed by atoms with Gasteiger partial charge >= 0.3 is 6.18 Å². The lowest BCUT2D eigenvalue weighted by Crippen LogP contribution is -2.50. The van der Waals surface area contributed by atoms with Crippen LogP contribution in [0.2, 0.25) is 5.02 Å². The van der Waals surface area contributed by atoms with E-state index in [0.29, 0.717) is 29.9 Å². The van der Waals surface area contributed by atoms with Gasteiger partial charge in [0.1, 0.15) is 18.5 Å². The van der Waals surface area contributed by atoms with Crippen molar-refractivity contribution in [3.8, 4) is 5.75 Å². The molecule has 0 amide bonds. The number of rotatable bonds is 7. The van der Waals surface area contributed by atoms with Gasteiger partial charge in [-0.05, 0) is 42.5 Å². The first-order chi connectivity index (χ1) is 14.6. The van der Waals surface area contributed by atoms with Crippen LogP contribution in [0.4, 0.5) is 13.2 Å². The highest BCUT2D eigenvalue weighted by molar-refractivity contribution is 7.89. The summed E-state index contributed by atoms with van der Waals surface area (Å²) in [4.78, 5) is 1.50. The zero-order valence-corrected chi connectivity index (χ0v) is 18.0. The number of alkyl halides is 3. The van der Waals surface area contributed by atoms with Gasteiger partial charge in [-0.3, -0.25) is 4.90 Å². The number of benzene rings is 2. The van der Waals surface area contributed by atoms with Crippen molar-refractivity contribution >= 4 is 21.6 Å². The minimum Gasteiger partial charge on any atom is -0.491 e. The van der Waals surface area contributed by atoms with Crippen LogP contribution >= 0.6 is 11.6 Å². The fourth-order valence-electron chi connectivity index (χ4n) is 3.21. The SMILES string of the molecule is O=S(=O)(c1cccc(C(F)(F)F)c1)N1CCN(CC(O)COc2ccc(Cl)cc2)CC1. The molecule has 0 bridgehead atoms. The largest absolute Gasteiger partial charge is 0.491 e. The quantitative estimate of drug-likeness (QED) is 0.662. The summed E-state index contributed by atoms with van der Waals surface area (Å²) in [6.45, 7) is 1.26. The van der Waals surface area contributed by atoms with E-state index in [2.05, 4.69) is 0 Å². The van der Waals surface area contributed by atoms with Crippen LogP contribution in [0, 0.1) is 0 Å². The Kier molecular flexibility index (Phi) is 7.48. The highest BCUT2D eigenvalue weighted by Crippen LogP contribution is 2.31. The third-order valence-electron chi connectivity index (χ3n) is 4.86. The van der Waals surface area contributed by atoms with Crippen molar-refractivity contribution in [1.29, 1.82) is 0 Å². The molecule has 11 heteroatoms. The van der Waals surface area contributed by atoms with Crippen LogP contribution in [-0.4, -0.2) is 68.2 Å². The summed E-state index contributed by atoms with van der Waals surface area (Å²) in [5, 5.41) is 10.8. The molecule has 1 fully saturated rings. The standard InChI is InChI=1S/C20H22ClF3N2O4S/c21-16-4-6-18(7-5-16)30-14-17(27)13-25-8-10-26(11-9-25)31(28,29)19-3-1-2-15(12-19)20(22,23)24/h1-7,12,17,27H,8-11,13-14H2. The summed E-state index contributed by atoms with van der Waals surface area (Å²) >= 11 is 5.81. The lowest BCUT2D eigenvalue weighted by Gasteiger charge is -2.34. The van der Waals surface area contributed by atoms with Gasteiger partial charge in [0.25, 0.3) is 0 Å². The average Bonchev–Trinajstić information content (AvgIpc) is 2.73. The molecule has 0 aromatic heterocycles. The van der Waals surface area contributed by atoms with Crippen LogP contribution < -0.4 is 4.74 Å². The van der Waals surface area contributed by atoms with Gasteiger partial charge in [0.2, 0.25) is 10.0 Å². The Hall–Kier alpha value is -1.85. The van der Waals surface area contributed by atoms with E-state index in [1.165, 1.54) is 0 Å². The van der Waals surface area contributed by atoms with Gasteiger partial charge in [-0.15, -0.1) is 0 Å². The maximum absolute atomic E-state index is 12.9. The molecule has 6 nitrogen and oxygen atoms in total. The van der Waals surface area contributed by atoms with E-state index in [9.17, 15) is 26.7 Å². The number of hydrogen-bond acceptors (Lipinski definition) is 5. The summed E-state index contributed by atoms with van der Waals surface area (Å²) < 4.78 is 70.9. The molecule has 0 aliphatic carbocycles. The molecule has 0 spiro atoms. The van der Waals surface area contributed by atoms with Gasteiger partial charge in [-0.2, -0.15) is 17.5 Å². The molecule has 1 atom stereocenters. The van der Waals surface area contributed by atoms with Gasteiger partial charge < -0.3 is 9.84 Å². The zero-order chi connectivity index (χ0) is 22.6. The maximum atomic E-state index is 12.9. The summed E-state index contributed by atoms with van der Waals surface area (Å²) in [5.41, 5.74) is -1.00. The summed E-state index contributed by atoms with van der Waals surface area (Å²) in [7, 11) is -4.04. The molecule has 31 heavy (non-hydrogen) atoms. The van der Waals surface area contributed by atoms with E-state index >= 15 is 0 Å². The van der Waals surface area contributed by atoms with Crippen LogP contribution in [0.5, 0.6) is 5.75 Å². The van der Waals surface area contributed by atoms with E-state index in [0.717, 1.165) is 22.5 Å². The van der Waals surface area contributed by atoms with Crippen molar-refractivity contribution in [2.24, 2.45) is 0 Å². The van der Waals surface area contributed by atoms with Gasteiger partial charge in [-0.1, -0.05) is 17.7 Å². The molecule has 1 heterocycles. The molecule has 1 saturated heterocycles. The predicted octanol–water partition coefficient (Wildman–Crippen LogP) is 3.11. The normalized spacial score (nSPS) is 17.5. The lowest BCUT2D eigenvalue weighted by atomic mass is 10.2. The third-order valence-corrected chi connectivity index (χ3v) is 7.00. The van der Waals surface area contributed by atoms with Crippen molar-refractivity contribution < 1.29 is 31.4 Å². The molecule has 1 N–H and O–H groups in total. The first kappa shape index (κ1) is 23.8. The average molecular weight is 479 g/mol. The number of halogens is 4. The Morgan fingerprint density at radius 1 is 1.06 bits per heavy atom. The molecule has 2 aromatic rings. The van der Waals surface area contributed by atoms with E-state index in [4.69, 9.17) is 16.3 Å². The minimum absolute atomic E-state index is 0.0599. The molecule has 170 valence electrons. The number of β-amino-alcohol motifs (C(OH)–C–C–N with tert-alkyl or cyclic N) is 1. The maximum Gasteiger partial charge on any atom is 0.416 e. The molecule has 1 unspecified atom stereocenters. The number of hydrogen-bond donors (Lipinski definition) is 1. The topological polar surface area (TPSA) is 70.1 Å². The smallest absolute Gasteiger partial charge is 0.416 e. The Bertz CT molecular complexity index is 979. The number of piperazine rings is 1. The number of sulfonamides is 1. The van der Waals surface area contributed by atoms with E-state index in [1.54, 1.807) is 24.3 Å². The van der Waals surface area contributed by atoms with Crippen LogP contribution in [0.1, 0.15) is 5.56 Å². The fraction of sp³-hybridized carbons (Fsp3) is 0.400. The van der Waals surface area contributed by atoms with Crippen LogP contribution in [0.3, 0.4) is 0 Å². The zero-order valence-electron chi connectivity index (χ0n) is 16.4. The Labute approximate surface area is 183 Å². The van der Waals surface area contributed by atoms with Crippen molar-refractivity contribution in [2.75, 3.05) is 39.3 Å². The van der Waals surface area contributed by atoms with Crippen molar-refractivity contribution in [3.63, 3.8) is 0 Å². The van der Waals surface area contributed by atoms with E-state index < -0.39 is 27.9 Å². The van der Waals surface area contributed by atoms with Gasteiger partial charge in [-0.25, -0.2) is 8.42 Å². The van der Waals surface area contributed by atoms with Crippen molar-refractivity contribution in [3.05, 3.63) is 59.1 Å². The van der Waals surface area contributed by atoms with Crippen LogP contribution in [0.25, 0.3) is 0 Å². The number of nitrogens with zero attached hydrogens (tertiary/aromatic N) is 2. The Balaban J connectivity index is 1.52. The molecule has 0 radical (unpaired) electrons. The highest BCUT2D eigenvalue weighted by Gasteiger charge is 2.34. The van der Waals surface area contributed by atoms with Crippen molar-refractivity contribution in [2.45, 2.75) is 17.2 Å². The Morgan fingerprint density at radius 2 is 1.71 bits per heavy atom. The first-order valence-corrected chi connectivity index (χ1v) is 11.3. The second-order valence-electron chi connectivity index (χ2n) is 7.15. The molecule has 1 aliphatic rings. The molecule has 2 aromatic carbocycles. The highest BCUT2D eigenvalue weighted by atomic mass is 35.5. The number of aliphatic hydroxyl groups excluding tert-OH is 1. The molecular formula is C20H22ClF3N2O4S. The van der Waals surface area contributed by atoms with Gasteiger partial charge in [0.05, 0.1) is 10.5 Å². The second kappa shape index (κ2) is 9.74. The predicted molar refractivity (Wildman–Crippen MR) is 110 cm³/mol. The number of aliphatic hydroxyl groups is 1. The van der Waals surface area contributed by atoms with Crippen molar-refractivity contribution in [1.82, 2.24) is 9.21 Å². The fourth-order valence-corrected chi connectivity index (χ4v) is 4.80. The van der Waals surface area contributed by atoms with Gasteiger partial charge in [0.15, 0.2) is 0 Å². The Morgan fingerprint density at radius 3 is 2.32 bits per heavy atom. The molecular weight excluding hydrogens is 457 g/mol. The number of ether oxygens (including phenoxy) is 1. The summed E-state index contributed by atoms with van der Waals surface area (Å²) in [5.74, 6) is 0.570. The monoisotopic (exact) mass is 478 g/mol. The second-order valence-corrected chi connectivity index (χ2v) is 9.52. The minimum atomic E-state index is -4.62. The van der Waals surface area contributed by atoms with Gasteiger partial charge in [0, 0.05) is 37.7 Å². The van der Waals surface area contributed by atoms with E-state index in [-0.39, 0.29) is 31.1 Å². The van der Waals surface area contributed by atoms with Crippen LogP contribution in [-0.2, 0) is 16.2 Å².